The fraction of sp³-hybridized carbons (Fsp3) is 0.467. The zero-order valence-corrected chi connectivity index (χ0v) is 12.3. The number of carbonyl (C=O) groups excluding carboxylic acids is 2. The minimum atomic E-state index is -0.702. The topological polar surface area (TPSA) is 81.9 Å². The van der Waals surface area contributed by atoms with E-state index in [1.54, 1.807) is 25.2 Å². The van der Waals surface area contributed by atoms with E-state index < -0.39 is 18.1 Å². The Morgan fingerprint density at radius 1 is 1.62 bits per heavy atom. The van der Waals surface area contributed by atoms with Crippen LogP contribution in [0.2, 0.25) is 0 Å². The zero-order chi connectivity index (χ0) is 15.8. The largest absolute Gasteiger partial charge is 0.462 e. The number of cyclic esters (lactones) is 1. The Bertz CT molecular complexity index is 445. The molecule has 1 fully saturated rings. The van der Waals surface area contributed by atoms with Gasteiger partial charge in [-0.25, -0.2) is 9.59 Å². The maximum absolute atomic E-state index is 12.2. The second-order valence-electron chi connectivity index (χ2n) is 4.75. The SMILES string of the molecule is C=C/C=C(\C=C)COC(=O)N1CCOC(=O)C1[C@H](C)CN. The number of hydrogen-bond acceptors (Lipinski definition) is 5. The summed E-state index contributed by atoms with van der Waals surface area (Å²) in [5.74, 6) is -0.644. The van der Waals surface area contributed by atoms with Crippen molar-refractivity contribution in [2.24, 2.45) is 11.7 Å². The van der Waals surface area contributed by atoms with Crippen molar-refractivity contribution in [3.63, 3.8) is 0 Å². The van der Waals surface area contributed by atoms with Crippen LogP contribution in [0, 0.1) is 5.92 Å². The highest BCUT2D eigenvalue weighted by Crippen LogP contribution is 2.18. The minimum Gasteiger partial charge on any atom is -0.462 e. The van der Waals surface area contributed by atoms with E-state index in [1.165, 1.54) is 4.90 Å². The van der Waals surface area contributed by atoms with E-state index in [0.717, 1.165) is 5.57 Å². The van der Waals surface area contributed by atoms with Crippen LogP contribution in [0.5, 0.6) is 0 Å². The van der Waals surface area contributed by atoms with Crippen molar-refractivity contribution in [2.75, 3.05) is 26.3 Å². The smallest absolute Gasteiger partial charge is 0.410 e. The number of carbonyl (C=O) groups is 2. The standard InChI is InChI=1S/C15H22N2O4/c1-4-6-12(5-2)10-21-15(19)17-7-8-20-14(18)13(17)11(3)9-16/h4-6,11,13H,1-2,7-10,16H2,3H3/b12-6+/t11-,13?/m1/s1. The molecule has 0 aromatic rings. The van der Waals surface area contributed by atoms with Gasteiger partial charge in [-0.3, -0.25) is 4.90 Å². The Kier molecular flexibility index (Phi) is 6.68. The first-order valence-electron chi connectivity index (χ1n) is 6.79. The van der Waals surface area contributed by atoms with Gasteiger partial charge < -0.3 is 15.2 Å². The van der Waals surface area contributed by atoms with Gasteiger partial charge in [-0.2, -0.15) is 0 Å². The monoisotopic (exact) mass is 294 g/mol. The van der Waals surface area contributed by atoms with Gasteiger partial charge in [0.05, 0.1) is 6.54 Å². The van der Waals surface area contributed by atoms with Crippen molar-refractivity contribution in [1.29, 1.82) is 0 Å². The number of morpholine rings is 1. The second-order valence-corrected chi connectivity index (χ2v) is 4.75. The van der Waals surface area contributed by atoms with Gasteiger partial charge >= 0.3 is 12.1 Å². The minimum absolute atomic E-state index is 0.0730. The normalized spacial score (nSPS) is 20.5. The molecule has 0 bridgehead atoms. The van der Waals surface area contributed by atoms with Gasteiger partial charge in [0.2, 0.25) is 0 Å². The van der Waals surface area contributed by atoms with Gasteiger partial charge in [-0.05, 0) is 18.0 Å². The van der Waals surface area contributed by atoms with Crippen LogP contribution in [-0.2, 0) is 14.3 Å². The zero-order valence-electron chi connectivity index (χ0n) is 12.3. The molecule has 2 N–H and O–H groups in total. The number of nitrogens with two attached hydrogens (primary N) is 1. The van der Waals surface area contributed by atoms with Gasteiger partial charge in [-0.15, -0.1) is 0 Å². The van der Waals surface area contributed by atoms with E-state index in [2.05, 4.69) is 13.2 Å². The Morgan fingerprint density at radius 3 is 2.90 bits per heavy atom. The molecule has 6 nitrogen and oxygen atoms in total. The molecule has 0 aromatic carbocycles. The second kappa shape index (κ2) is 8.26. The number of allylic oxidation sites excluding steroid dienone is 2. The molecule has 0 aliphatic carbocycles. The predicted molar refractivity (Wildman–Crippen MR) is 79.5 cm³/mol. The Hall–Kier alpha value is -2.08. The summed E-state index contributed by atoms with van der Waals surface area (Å²) in [6.07, 6.45) is 4.31. The maximum Gasteiger partial charge on any atom is 0.410 e. The van der Waals surface area contributed by atoms with Crippen molar-refractivity contribution in [3.05, 3.63) is 37.0 Å². The van der Waals surface area contributed by atoms with Crippen molar-refractivity contribution in [3.8, 4) is 0 Å². The average Bonchev–Trinajstić information content (AvgIpc) is 2.50. The molecule has 1 aliphatic rings. The summed E-state index contributed by atoms with van der Waals surface area (Å²) < 4.78 is 10.2. The lowest BCUT2D eigenvalue weighted by Gasteiger charge is -2.36. The summed E-state index contributed by atoms with van der Waals surface area (Å²) in [7, 11) is 0. The van der Waals surface area contributed by atoms with E-state index >= 15 is 0 Å². The van der Waals surface area contributed by atoms with Crippen LogP contribution in [0.1, 0.15) is 6.92 Å². The average molecular weight is 294 g/mol. The molecule has 2 atom stereocenters. The van der Waals surface area contributed by atoms with E-state index in [0.29, 0.717) is 6.54 Å². The molecule has 1 heterocycles. The molecule has 6 heteroatoms. The molecule has 1 saturated heterocycles. The summed E-state index contributed by atoms with van der Waals surface area (Å²) in [6, 6.07) is -0.702. The molecule has 21 heavy (non-hydrogen) atoms. The summed E-state index contributed by atoms with van der Waals surface area (Å²) in [6.45, 7) is 9.81. The van der Waals surface area contributed by atoms with Crippen LogP contribution < -0.4 is 5.73 Å². The molecule has 1 rings (SSSR count). The highest BCUT2D eigenvalue weighted by Gasteiger charge is 2.38. The lowest BCUT2D eigenvalue weighted by molar-refractivity contribution is -0.158. The van der Waals surface area contributed by atoms with Crippen LogP contribution in [0.3, 0.4) is 0 Å². The quantitative estimate of drug-likeness (QED) is 0.589. The third kappa shape index (κ3) is 4.46. The highest BCUT2D eigenvalue weighted by atomic mass is 16.6. The van der Waals surface area contributed by atoms with Crippen LogP contribution in [0.25, 0.3) is 0 Å². The molecule has 0 aromatic heterocycles. The number of esters is 1. The number of ether oxygens (including phenoxy) is 2. The first-order valence-corrected chi connectivity index (χ1v) is 6.79. The fourth-order valence-electron chi connectivity index (χ4n) is 2.02. The number of rotatable bonds is 6. The third-order valence-electron chi connectivity index (χ3n) is 3.26. The molecule has 1 unspecified atom stereocenters. The Balaban J connectivity index is 2.73. The number of amides is 1. The van der Waals surface area contributed by atoms with Gasteiger partial charge in [0.25, 0.3) is 0 Å². The molecular weight excluding hydrogens is 272 g/mol. The van der Waals surface area contributed by atoms with Crippen molar-refractivity contribution in [2.45, 2.75) is 13.0 Å². The summed E-state index contributed by atoms with van der Waals surface area (Å²) in [4.78, 5) is 25.4. The highest BCUT2D eigenvalue weighted by molar-refractivity contribution is 5.82. The van der Waals surface area contributed by atoms with E-state index in [-0.39, 0.29) is 25.7 Å². The summed E-state index contributed by atoms with van der Waals surface area (Å²) in [5, 5.41) is 0. The van der Waals surface area contributed by atoms with Gasteiger partial charge in [0.1, 0.15) is 19.3 Å². The third-order valence-corrected chi connectivity index (χ3v) is 3.26. The first-order chi connectivity index (χ1) is 10.0. The molecular formula is C15H22N2O4. The summed E-state index contributed by atoms with van der Waals surface area (Å²) in [5.41, 5.74) is 6.31. The van der Waals surface area contributed by atoms with Crippen LogP contribution in [0.4, 0.5) is 4.79 Å². The number of hydrogen-bond donors (Lipinski definition) is 1. The van der Waals surface area contributed by atoms with E-state index in [9.17, 15) is 9.59 Å². The number of nitrogens with zero attached hydrogens (tertiary/aromatic N) is 1. The Labute approximate surface area is 124 Å². The Morgan fingerprint density at radius 2 is 2.33 bits per heavy atom. The molecule has 1 amide bonds. The van der Waals surface area contributed by atoms with Gasteiger partial charge in [-0.1, -0.05) is 38.3 Å². The molecule has 0 radical (unpaired) electrons. The molecule has 0 saturated carbocycles. The molecule has 116 valence electrons. The molecule has 0 spiro atoms. The van der Waals surface area contributed by atoms with Crippen LogP contribution >= 0.6 is 0 Å². The van der Waals surface area contributed by atoms with E-state index in [1.807, 2.05) is 0 Å². The first kappa shape index (κ1) is 17.0. The molecule has 1 aliphatic heterocycles. The predicted octanol–water partition coefficient (Wildman–Crippen LogP) is 1.24. The van der Waals surface area contributed by atoms with Crippen molar-refractivity contribution in [1.82, 2.24) is 4.90 Å². The van der Waals surface area contributed by atoms with Crippen LogP contribution in [-0.4, -0.2) is 49.3 Å². The lowest BCUT2D eigenvalue weighted by Crippen LogP contribution is -2.55. The summed E-state index contributed by atoms with van der Waals surface area (Å²) >= 11 is 0. The van der Waals surface area contributed by atoms with Gasteiger partial charge in [0.15, 0.2) is 0 Å². The fourth-order valence-corrected chi connectivity index (χ4v) is 2.02. The van der Waals surface area contributed by atoms with E-state index in [4.69, 9.17) is 15.2 Å². The van der Waals surface area contributed by atoms with Crippen molar-refractivity contribution >= 4 is 12.1 Å². The van der Waals surface area contributed by atoms with Crippen molar-refractivity contribution < 1.29 is 19.1 Å². The maximum atomic E-state index is 12.2. The van der Waals surface area contributed by atoms with Gasteiger partial charge in [0, 0.05) is 0 Å². The van der Waals surface area contributed by atoms with Crippen LogP contribution in [0.15, 0.2) is 37.0 Å². The lowest BCUT2D eigenvalue weighted by atomic mass is 10.00.